The fourth-order valence-electron chi connectivity index (χ4n) is 2.21. The third-order valence-corrected chi connectivity index (χ3v) is 3.24. The van der Waals surface area contributed by atoms with Crippen LogP contribution in [0, 0.1) is 18.3 Å². The zero-order chi connectivity index (χ0) is 14.5. The molecule has 0 amide bonds. The first-order valence-electron chi connectivity index (χ1n) is 6.38. The fourth-order valence-corrected chi connectivity index (χ4v) is 2.21. The second kappa shape index (κ2) is 6.12. The number of hydrogen-bond donors (Lipinski definition) is 0. The molecule has 0 saturated heterocycles. The number of nitrogens with zero attached hydrogens (tertiary/aromatic N) is 1. The van der Waals surface area contributed by atoms with E-state index in [0.29, 0.717) is 6.42 Å². The van der Waals surface area contributed by atoms with Gasteiger partial charge in [0.1, 0.15) is 11.5 Å². The Hall–Kier alpha value is -2.47. The maximum atomic E-state index is 8.75. The standard InChI is InChI=1S/C17H17NO2/c1-12-8-13(6-7-18)4-5-17(12)14-9-15(19-2)11-16(10-14)20-3/h4-5,8-11H,6H2,1-3H3. The molecule has 102 valence electrons. The third-order valence-electron chi connectivity index (χ3n) is 3.24. The molecule has 3 heteroatoms. The lowest BCUT2D eigenvalue weighted by atomic mass is 9.97. The zero-order valence-electron chi connectivity index (χ0n) is 11.9. The van der Waals surface area contributed by atoms with Gasteiger partial charge in [0.05, 0.1) is 26.7 Å². The Morgan fingerprint density at radius 2 is 1.65 bits per heavy atom. The van der Waals surface area contributed by atoms with E-state index >= 15 is 0 Å². The Morgan fingerprint density at radius 1 is 1.00 bits per heavy atom. The summed E-state index contributed by atoms with van der Waals surface area (Å²) in [4.78, 5) is 0. The largest absolute Gasteiger partial charge is 0.497 e. The van der Waals surface area contributed by atoms with E-state index in [0.717, 1.165) is 33.8 Å². The van der Waals surface area contributed by atoms with Gasteiger partial charge in [-0.25, -0.2) is 0 Å². The predicted octanol–water partition coefficient (Wildman–Crippen LogP) is 3.75. The van der Waals surface area contributed by atoms with Crippen molar-refractivity contribution in [2.24, 2.45) is 0 Å². The minimum absolute atomic E-state index is 0.433. The summed E-state index contributed by atoms with van der Waals surface area (Å²) >= 11 is 0. The van der Waals surface area contributed by atoms with Crippen molar-refractivity contribution in [3.05, 3.63) is 47.5 Å². The van der Waals surface area contributed by atoms with E-state index in [1.54, 1.807) is 14.2 Å². The molecule has 0 bridgehead atoms. The van der Waals surface area contributed by atoms with E-state index in [1.165, 1.54) is 0 Å². The van der Waals surface area contributed by atoms with Crippen LogP contribution in [0.15, 0.2) is 36.4 Å². The van der Waals surface area contributed by atoms with Gasteiger partial charge in [-0.2, -0.15) is 5.26 Å². The van der Waals surface area contributed by atoms with Crippen LogP contribution >= 0.6 is 0 Å². The molecule has 2 aromatic rings. The summed E-state index contributed by atoms with van der Waals surface area (Å²) in [7, 11) is 3.28. The molecule has 0 unspecified atom stereocenters. The van der Waals surface area contributed by atoms with E-state index < -0.39 is 0 Å². The van der Waals surface area contributed by atoms with Gasteiger partial charge in [-0.05, 0) is 41.3 Å². The summed E-state index contributed by atoms with van der Waals surface area (Å²) < 4.78 is 10.6. The summed E-state index contributed by atoms with van der Waals surface area (Å²) in [5, 5.41) is 8.75. The van der Waals surface area contributed by atoms with Gasteiger partial charge in [0.25, 0.3) is 0 Å². The normalized spacial score (nSPS) is 9.90. The number of ether oxygens (including phenoxy) is 2. The number of rotatable bonds is 4. The monoisotopic (exact) mass is 267 g/mol. The molecule has 0 aliphatic heterocycles. The molecule has 0 N–H and O–H groups in total. The van der Waals surface area contributed by atoms with Crippen LogP contribution in [-0.2, 0) is 6.42 Å². The van der Waals surface area contributed by atoms with Gasteiger partial charge >= 0.3 is 0 Å². The van der Waals surface area contributed by atoms with E-state index in [-0.39, 0.29) is 0 Å². The van der Waals surface area contributed by atoms with Gasteiger partial charge in [-0.15, -0.1) is 0 Å². The van der Waals surface area contributed by atoms with Gasteiger partial charge in [0.15, 0.2) is 0 Å². The first-order valence-corrected chi connectivity index (χ1v) is 6.38. The van der Waals surface area contributed by atoms with Crippen LogP contribution < -0.4 is 9.47 Å². The minimum Gasteiger partial charge on any atom is -0.497 e. The average molecular weight is 267 g/mol. The number of hydrogen-bond acceptors (Lipinski definition) is 3. The zero-order valence-corrected chi connectivity index (χ0v) is 11.9. The molecule has 3 nitrogen and oxygen atoms in total. The molecular formula is C17H17NO2. The first kappa shape index (κ1) is 14.0. The van der Waals surface area contributed by atoms with E-state index in [4.69, 9.17) is 14.7 Å². The van der Waals surface area contributed by atoms with Crippen LogP contribution in [0.5, 0.6) is 11.5 Å². The van der Waals surface area contributed by atoms with Crippen LogP contribution in [-0.4, -0.2) is 14.2 Å². The summed E-state index contributed by atoms with van der Waals surface area (Å²) in [6.45, 7) is 2.04. The van der Waals surface area contributed by atoms with Crippen LogP contribution in [0.25, 0.3) is 11.1 Å². The summed E-state index contributed by atoms with van der Waals surface area (Å²) in [6.07, 6.45) is 0.433. The highest BCUT2D eigenvalue weighted by atomic mass is 16.5. The van der Waals surface area contributed by atoms with Gasteiger partial charge in [-0.3, -0.25) is 0 Å². The van der Waals surface area contributed by atoms with Crippen LogP contribution in [0.2, 0.25) is 0 Å². The Labute approximate surface area is 119 Å². The predicted molar refractivity (Wildman–Crippen MR) is 79.0 cm³/mol. The lowest BCUT2D eigenvalue weighted by Crippen LogP contribution is -1.91. The summed E-state index contributed by atoms with van der Waals surface area (Å²) in [6, 6.07) is 14.0. The maximum absolute atomic E-state index is 8.75. The Kier molecular flexibility index (Phi) is 4.27. The molecule has 0 spiro atoms. The topological polar surface area (TPSA) is 42.2 Å². The minimum atomic E-state index is 0.433. The van der Waals surface area contributed by atoms with Gasteiger partial charge in [-0.1, -0.05) is 18.2 Å². The molecule has 2 rings (SSSR count). The number of nitriles is 1. The fraction of sp³-hybridized carbons (Fsp3) is 0.235. The highest BCUT2D eigenvalue weighted by molar-refractivity contribution is 5.70. The van der Waals surface area contributed by atoms with Crippen molar-refractivity contribution in [3.8, 4) is 28.7 Å². The molecule has 0 heterocycles. The van der Waals surface area contributed by atoms with Crippen LogP contribution in [0.4, 0.5) is 0 Å². The van der Waals surface area contributed by atoms with Crippen molar-refractivity contribution in [2.45, 2.75) is 13.3 Å². The molecule has 0 radical (unpaired) electrons. The van der Waals surface area contributed by atoms with E-state index in [1.807, 2.05) is 43.3 Å². The summed E-state index contributed by atoms with van der Waals surface area (Å²) in [5.74, 6) is 1.53. The highest BCUT2D eigenvalue weighted by Crippen LogP contribution is 2.31. The molecule has 20 heavy (non-hydrogen) atoms. The quantitative estimate of drug-likeness (QED) is 0.847. The lowest BCUT2D eigenvalue weighted by molar-refractivity contribution is 0.394. The second-order valence-electron chi connectivity index (χ2n) is 4.59. The lowest BCUT2D eigenvalue weighted by Gasteiger charge is -2.11. The Bertz CT molecular complexity index is 634. The van der Waals surface area contributed by atoms with Crippen molar-refractivity contribution < 1.29 is 9.47 Å². The second-order valence-corrected chi connectivity index (χ2v) is 4.59. The van der Waals surface area contributed by atoms with Crippen molar-refractivity contribution in [1.29, 1.82) is 5.26 Å². The molecule has 0 aromatic heterocycles. The first-order chi connectivity index (χ1) is 9.67. The molecule has 0 aliphatic rings. The molecule has 0 atom stereocenters. The smallest absolute Gasteiger partial charge is 0.123 e. The molecule has 0 saturated carbocycles. The van der Waals surface area contributed by atoms with E-state index in [9.17, 15) is 0 Å². The van der Waals surface area contributed by atoms with Crippen molar-refractivity contribution in [3.63, 3.8) is 0 Å². The van der Waals surface area contributed by atoms with Gasteiger partial charge in [0, 0.05) is 6.07 Å². The van der Waals surface area contributed by atoms with Gasteiger partial charge < -0.3 is 9.47 Å². The van der Waals surface area contributed by atoms with Gasteiger partial charge in [0.2, 0.25) is 0 Å². The summed E-state index contributed by atoms with van der Waals surface area (Å²) in [5.41, 5.74) is 4.32. The highest BCUT2D eigenvalue weighted by Gasteiger charge is 2.07. The van der Waals surface area contributed by atoms with Crippen LogP contribution in [0.3, 0.4) is 0 Å². The number of aryl methyl sites for hydroxylation is 1. The van der Waals surface area contributed by atoms with Crippen molar-refractivity contribution >= 4 is 0 Å². The SMILES string of the molecule is COc1cc(OC)cc(-c2ccc(CC#N)cc2C)c1. The molecule has 0 aliphatic carbocycles. The maximum Gasteiger partial charge on any atom is 0.123 e. The van der Waals surface area contributed by atoms with Crippen LogP contribution in [0.1, 0.15) is 11.1 Å². The van der Waals surface area contributed by atoms with E-state index in [2.05, 4.69) is 6.07 Å². The number of methoxy groups -OCH3 is 2. The molecular weight excluding hydrogens is 250 g/mol. The molecule has 0 fully saturated rings. The molecule has 2 aromatic carbocycles. The van der Waals surface area contributed by atoms with Crippen molar-refractivity contribution in [1.82, 2.24) is 0 Å². The number of benzene rings is 2. The average Bonchev–Trinajstić information content (AvgIpc) is 2.47. The van der Waals surface area contributed by atoms with Crippen molar-refractivity contribution in [2.75, 3.05) is 14.2 Å². The third kappa shape index (κ3) is 2.92. The Morgan fingerprint density at radius 3 is 2.15 bits per heavy atom. The Balaban J connectivity index is 2.48.